The van der Waals surface area contributed by atoms with E-state index >= 15 is 0 Å². The fourth-order valence-corrected chi connectivity index (χ4v) is 2.34. The van der Waals surface area contributed by atoms with Gasteiger partial charge in [-0.15, -0.1) is 24.0 Å². The highest BCUT2D eigenvalue weighted by Gasteiger charge is 2.04. The third-order valence-electron chi connectivity index (χ3n) is 3.57. The Balaban J connectivity index is 0.00000312. The zero-order chi connectivity index (χ0) is 17.2. The summed E-state index contributed by atoms with van der Waals surface area (Å²) in [5.41, 5.74) is 2.86. The smallest absolute Gasteiger partial charge is 0.191 e. The summed E-state index contributed by atoms with van der Waals surface area (Å²) in [6.45, 7) is 4.23. The minimum Gasteiger partial charge on any atom is -0.380 e. The summed E-state index contributed by atoms with van der Waals surface area (Å²) in [6, 6.07) is 14.8. The van der Waals surface area contributed by atoms with Gasteiger partial charge < -0.3 is 15.4 Å². The van der Waals surface area contributed by atoms with E-state index in [0.29, 0.717) is 31.2 Å². The second-order valence-electron chi connectivity index (χ2n) is 5.34. The first-order valence-corrected chi connectivity index (χ1v) is 8.06. The Kier molecular flexibility index (Phi) is 10.1. The lowest BCUT2D eigenvalue weighted by Gasteiger charge is -2.14. The van der Waals surface area contributed by atoms with Crippen LogP contribution in [0.4, 0.5) is 4.39 Å². The second kappa shape index (κ2) is 11.8. The zero-order valence-electron chi connectivity index (χ0n) is 14.6. The van der Waals surface area contributed by atoms with Crippen LogP contribution in [-0.2, 0) is 24.4 Å². The molecule has 2 rings (SSSR count). The molecule has 0 spiro atoms. The van der Waals surface area contributed by atoms with Crippen LogP contribution in [0.5, 0.6) is 0 Å². The molecule has 0 radical (unpaired) electrons. The van der Waals surface area contributed by atoms with Crippen LogP contribution in [0.2, 0.25) is 0 Å². The van der Waals surface area contributed by atoms with Gasteiger partial charge in [0.2, 0.25) is 0 Å². The summed E-state index contributed by atoms with van der Waals surface area (Å²) in [4.78, 5) is 4.46. The van der Waals surface area contributed by atoms with Gasteiger partial charge in [-0.3, -0.25) is 0 Å². The molecule has 0 heterocycles. The van der Waals surface area contributed by atoms with E-state index in [0.717, 1.165) is 17.7 Å². The molecule has 2 aromatic rings. The van der Waals surface area contributed by atoms with Crippen molar-refractivity contribution in [2.24, 2.45) is 4.99 Å². The third kappa shape index (κ3) is 6.99. The van der Waals surface area contributed by atoms with E-state index in [1.807, 2.05) is 31.2 Å². The largest absolute Gasteiger partial charge is 0.380 e. The number of aliphatic imine (C=N–C) groups is 1. The van der Waals surface area contributed by atoms with Crippen molar-refractivity contribution in [2.45, 2.75) is 26.6 Å². The molecule has 6 heteroatoms. The minimum absolute atomic E-state index is 0. The lowest BCUT2D eigenvalue weighted by Crippen LogP contribution is -2.37. The molecule has 0 amide bonds. The van der Waals surface area contributed by atoms with Gasteiger partial charge in [0.1, 0.15) is 5.82 Å². The van der Waals surface area contributed by atoms with Crippen LogP contribution in [0.1, 0.15) is 23.6 Å². The Hall–Kier alpha value is -1.67. The molecular weight excluding hydrogens is 432 g/mol. The number of hydrogen-bond acceptors (Lipinski definition) is 2. The predicted molar refractivity (Wildman–Crippen MR) is 111 cm³/mol. The summed E-state index contributed by atoms with van der Waals surface area (Å²) in [5.74, 6) is 0.426. The number of methoxy groups -OCH3 is 1. The van der Waals surface area contributed by atoms with E-state index in [9.17, 15) is 4.39 Å². The summed E-state index contributed by atoms with van der Waals surface area (Å²) in [6.07, 6.45) is 0. The van der Waals surface area contributed by atoms with Crippen LogP contribution in [0.15, 0.2) is 53.5 Å². The van der Waals surface area contributed by atoms with Crippen LogP contribution < -0.4 is 10.6 Å². The van der Waals surface area contributed by atoms with E-state index in [-0.39, 0.29) is 29.8 Å². The van der Waals surface area contributed by atoms with Gasteiger partial charge in [0.05, 0.1) is 13.2 Å². The molecule has 0 saturated heterocycles. The van der Waals surface area contributed by atoms with E-state index in [1.165, 1.54) is 6.07 Å². The molecule has 0 aliphatic carbocycles. The highest BCUT2D eigenvalue weighted by Crippen LogP contribution is 2.10. The first-order valence-electron chi connectivity index (χ1n) is 8.06. The third-order valence-corrected chi connectivity index (χ3v) is 3.57. The van der Waals surface area contributed by atoms with Gasteiger partial charge in [0, 0.05) is 25.8 Å². The van der Waals surface area contributed by atoms with Gasteiger partial charge in [0.25, 0.3) is 0 Å². The second-order valence-corrected chi connectivity index (χ2v) is 5.34. The topological polar surface area (TPSA) is 45.7 Å². The maximum atomic E-state index is 13.7. The summed E-state index contributed by atoms with van der Waals surface area (Å²) >= 11 is 0. The number of ether oxygens (including phenoxy) is 1. The predicted octanol–water partition coefficient (Wildman–Crippen LogP) is 3.85. The number of nitrogens with zero attached hydrogens (tertiary/aromatic N) is 1. The van der Waals surface area contributed by atoms with Crippen LogP contribution in [0, 0.1) is 5.82 Å². The molecule has 2 aromatic carbocycles. The number of rotatable bonds is 7. The molecule has 2 N–H and O–H groups in total. The average Bonchev–Trinajstić information content (AvgIpc) is 2.60. The Labute approximate surface area is 165 Å². The zero-order valence-corrected chi connectivity index (χ0v) is 16.9. The van der Waals surface area contributed by atoms with Crippen molar-refractivity contribution in [3.8, 4) is 0 Å². The maximum Gasteiger partial charge on any atom is 0.191 e. The van der Waals surface area contributed by atoms with Gasteiger partial charge >= 0.3 is 0 Å². The highest BCUT2D eigenvalue weighted by molar-refractivity contribution is 14.0. The van der Waals surface area contributed by atoms with E-state index in [4.69, 9.17) is 4.74 Å². The monoisotopic (exact) mass is 457 g/mol. The lowest BCUT2D eigenvalue weighted by molar-refractivity contribution is 0.184. The SMILES string of the molecule is CCNC(=NCc1ccccc1F)NCc1ccccc1COC.I. The molecule has 0 bridgehead atoms. The average molecular weight is 457 g/mol. The number of hydrogen-bond donors (Lipinski definition) is 2. The van der Waals surface area contributed by atoms with Crippen molar-refractivity contribution in [3.05, 3.63) is 71.0 Å². The first-order chi connectivity index (χ1) is 11.7. The van der Waals surface area contributed by atoms with Crippen molar-refractivity contribution in [1.82, 2.24) is 10.6 Å². The van der Waals surface area contributed by atoms with E-state index in [2.05, 4.69) is 21.7 Å². The van der Waals surface area contributed by atoms with Gasteiger partial charge in [0.15, 0.2) is 5.96 Å². The van der Waals surface area contributed by atoms with Crippen LogP contribution in [0.3, 0.4) is 0 Å². The van der Waals surface area contributed by atoms with Crippen molar-refractivity contribution < 1.29 is 9.13 Å². The molecule has 0 atom stereocenters. The molecule has 0 aliphatic heterocycles. The van der Waals surface area contributed by atoms with Gasteiger partial charge in [-0.1, -0.05) is 42.5 Å². The fraction of sp³-hybridized carbons (Fsp3) is 0.316. The van der Waals surface area contributed by atoms with Crippen LogP contribution in [-0.4, -0.2) is 19.6 Å². The molecule has 0 fully saturated rings. The number of guanidine groups is 1. The first kappa shape index (κ1) is 21.4. The Morgan fingerprint density at radius 3 is 2.28 bits per heavy atom. The molecular formula is C19H25FIN3O. The highest BCUT2D eigenvalue weighted by atomic mass is 127. The summed E-state index contributed by atoms with van der Waals surface area (Å²) in [7, 11) is 1.68. The molecule has 25 heavy (non-hydrogen) atoms. The summed E-state index contributed by atoms with van der Waals surface area (Å²) in [5, 5.41) is 6.47. The minimum atomic E-state index is -0.234. The molecule has 0 saturated carbocycles. The van der Waals surface area contributed by atoms with Gasteiger partial charge in [-0.2, -0.15) is 0 Å². The number of benzene rings is 2. The fourth-order valence-electron chi connectivity index (χ4n) is 2.34. The quantitative estimate of drug-likeness (QED) is 0.377. The van der Waals surface area contributed by atoms with Crippen LogP contribution in [0.25, 0.3) is 0 Å². The lowest BCUT2D eigenvalue weighted by atomic mass is 10.1. The molecule has 0 aromatic heterocycles. The van der Waals surface area contributed by atoms with Crippen LogP contribution >= 0.6 is 24.0 Å². The number of nitrogens with one attached hydrogen (secondary N) is 2. The van der Waals surface area contributed by atoms with Crippen molar-refractivity contribution in [3.63, 3.8) is 0 Å². The standard InChI is InChI=1S/C19H24FN3O.HI/c1-3-21-19(23-13-16-9-6-7-11-18(16)20)22-12-15-8-4-5-10-17(15)14-24-2;/h4-11H,3,12-14H2,1-2H3,(H2,21,22,23);1H. The molecule has 0 aliphatic rings. The normalized spacial score (nSPS) is 10.9. The Bertz CT molecular complexity index is 679. The molecule has 136 valence electrons. The van der Waals surface area contributed by atoms with E-state index < -0.39 is 0 Å². The van der Waals surface area contributed by atoms with Crippen molar-refractivity contribution in [2.75, 3.05) is 13.7 Å². The van der Waals surface area contributed by atoms with E-state index in [1.54, 1.807) is 19.2 Å². The molecule has 0 unspecified atom stereocenters. The van der Waals surface area contributed by atoms with Gasteiger partial charge in [-0.25, -0.2) is 9.38 Å². The maximum absolute atomic E-state index is 13.7. The summed E-state index contributed by atoms with van der Waals surface area (Å²) < 4.78 is 18.9. The van der Waals surface area contributed by atoms with Crippen molar-refractivity contribution >= 4 is 29.9 Å². The Morgan fingerprint density at radius 2 is 1.64 bits per heavy atom. The van der Waals surface area contributed by atoms with Crippen molar-refractivity contribution in [1.29, 1.82) is 0 Å². The Morgan fingerprint density at radius 1 is 1.00 bits per heavy atom. The number of halogens is 2. The molecule has 4 nitrogen and oxygen atoms in total. The van der Waals surface area contributed by atoms with Gasteiger partial charge in [-0.05, 0) is 24.1 Å².